The molecule has 6 nitrogen and oxygen atoms in total. The maximum Gasteiger partial charge on any atom is 0.356 e. The van der Waals surface area contributed by atoms with Crippen LogP contribution in [0.1, 0.15) is 36.2 Å². The van der Waals surface area contributed by atoms with Crippen LogP contribution in [0.25, 0.3) is 0 Å². The molecule has 0 fully saturated rings. The van der Waals surface area contributed by atoms with Gasteiger partial charge in [0, 0.05) is 24.8 Å². The number of anilines is 1. The topological polar surface area (TPSA) is 88.5 Å². The van der Waals surface area contributed by atoms with E-state index in [0.717, 1.165) is 25.1 Å². The number of pyridine rings is 1. The lowest BCUT2D eigenvalue weighted by atomic mass is 10.2. The first-order valence-electron chi connectivity index (χ1n) is 6.13. The predicted molar refractivity (Wildman–Crippen MR) is 70.2 cm³/mol. The lowest BCUT2D eigenvalue weighted by Gasteiger charge is -2.06. The van der Waals surface area contributed by atoms with Crippen LogP contribution >= 0.6 is 0 Å². The van der Waals surface area contributed by atoms with Crippen LogP contribution in [-0.4, -0.2) is 35.7 Å². The molecule has 0 unspecified atom stereocenters. The van der Waals surface area contributed by atoms with Gasteiger partial charge in [-0.3, -0.25) is 4.79 Å². The molecule has 0 bridgehead atoms. The number of hydrogen-bond donors (Lipinski definition) is 2. The Morgan fingerprint density at radius 3 is 2.84 bits per heavy atom. The van der Waals surface area contributed by atoms with Crippen molar-refractivity contribution in [2.75, 3.05) is 19.0 Å². The van der Waals surface area contributed by atoms with Gasteiger partial charge in [-0.15, -0.1) is 0 Å². The van der Waals surface area contributed by atoms with Gasteiger partial charge in [0.05, 0.1) is 7.11 Å². The minimum absolute atomic E-state index is 0.210. The molecule has 0 aromatic carbocycles. The number of esters is 1. The summed E-state index contributed by atoms with van der Waals surface area (Å²) >= 11 is 0. The lowest BCUT2D eigenvalue weighted by Crippen LogP contribution is -2.07. The Morgan fingerprint density at radius 2 is 2.16 bits per heavy atom. The molecule has 1 heterocycles. The average Bonchev–Trinajstić information content (AvgIpc) is 2.41. The molecule has 0 aliphatic carbocycles. The largest absolute Gasteiger partial charge is 0.481 e. The third-order valence-electron chi connectivity index (χ3n) is 2.55. The Morgan fingerprint density at radius 1 is 1.37 bits per heavy atom. The van der Waals surface area contributed by atoms with E-state index >= 15 is 0 Å². The number of rotatable bonds is 8. The third-order valence-corrected chi connectivity index (χ3v) is 2.55. The Hall–Kier alpha value is -2.11. The van der Waals surface area contributed by atoms with Crippen molar-refractivity contribution >= 4 is 17.6 Å². The molecule has 0 amide bonds. The minimum Gasteiger partial charge on any atom is -0.481 e. The van der Waals surface area contributed by atoms with E-state index in [1.165, 1.54) is 7.11 Å². The Labute approximate surface area is 111 Å². The zero-order valence-corrected chi connectivity index (χ0v) is 10.9. The standard InChI is InChI=1S/C13H18N2O4/c1-19-13(18)11-9-10(6-8-15-11)14-7-4-2-3-5-12(16)17/h6,8-9H,2-5,7H2,1H3,(H,14,15)(H,16,17). The molecule has 1 rings (SSSR count). The Balaban J connectivity index is 2.29. The van der Waals surface area contributed by atoms with Crippen molar-refractivity contribution in [3.63, 3.8) is 0 Å². The summed E-state index contributed by atoms with van der Waals surface area (Å²) in [7, 11) is 1.31. The molecule has 0 radical (unpaired) electrons. The van der Waals surface area contributed by atoms with Crippen molar-refractivity contribution < 1.29 is 19.4 Å². The molecule has 0 saturated carbocycles. The third kappa shape index (κ3) is 5.85. The van der Waals surface area contributed by atoms with Gasteiger partial charge in [-0.2, -0.15) is 0 Å². The highest BCUT2D eigenvalue weighted by Crippen LogP contribution is 2.09. The van der Waals surface area contributed by atoms with Crippen molar-refractivity contribution in [3.05, 3.63) is 24.0 Å². The molecule has 104 valence electrons. The van der Waals surface area contributed by atoms with Crippen LogP contribution in [0.15, 0.2) is 18.3 Å². The number of carbonyl (C=O) groups excluding carboxylic acids is 1. The number of aromatic nitrogens is 1. The molecular weight excluding hydrogens is 248 g/mol. The van der Waals surface area contributed by atoms with Gasteiger partial charge in [0.1, 0.15) is 5.69 Å². The first kappa shape index (κ1) is 14.9. The maximum absolute atomic E-state index is 11.3. The van der Waals surface area contributed by atoms with Crippen LogP contribution in [0, 0.1) is 0 Å². The van der Waals surface area contributed by atoms with Gasteiger partial charge in [-0.1, -0.05) is 6.42 Å². The van der Waals surface area contributed by atoms with Crippen molar-refractivity contribution in [2.24, 2.45) is 0 Å². The van der Waals surface area contributed by atoms with Gasteiger partial charge in [0.15, 0.2) is 0 Å². The summed E-state index contributed by atoms with van der Waals surface area (Å²) in [6.45, 7) is 0.726. The van der Waals surface area contributed by atoms with E-state index < -0.39 is 11.9 Å². The molecule has 6 heteroatoms. The molecular formula is C13H18N2O4. The van der Waals surface area contributed by atoms with E-state index in [4.69, 9.17) is 5.11 Å². The Bertz CT molecular complexity index is 434. The number of aliphatic carboxylic acids is 1. The summed E-state index contributed by atoms with van der Waals surface area (Å²) in [5, 5.41) is 11.6. The number of nitrogens with zero attached hydrogens (tertiary/aromatic N) is 1. The molecule has 0 aliphatic heterocycles. The molecule has 0 spiro atoms. The molecule has 2 N–H and O–H groups in total. The lowest BCUT2D eigenvalue weighted by molar-refractivity contribution is -0.137. The SMILES string of the molecule is COC(=O)c1cc(NCCCCCC(=O)O)ccn1. The van der Waals surface area contributed by atoms with Gasteiger partial charge in [0.25, 0.3) is 0 Å². The fourth-order valence-electron chi connectivity index (χ4n) is 1.57. The molecule has 19 heavy (non-hydrogen) atoms. The number of carboxylic acids is 1. The first-order valence-corrected chi connectivity index (χ1v) is 6.13. The molecule has 1 aromatic rings. The zero-order valence-electron chi connectivity index (χ0n) is 10.9. The highest BCUT2D eigenvalue weighted by Gasteiger charge is 2.06. The van der Waals surface area contributed by atoms with Gasteiger partial charge >= 0.3 is 11.9 Å². The fraction of sp³-hybridized carbons (Fsp3) is 0.462. The number of hydrogen-bond acceptors (Lipinski definition) is 5. The van der Waals surface area contributed by atoms with E-state index in [1.807, 2.05) is 0 Å². The van der Waals surface area contributed by atoms with E-state index in [9.17, 15) is 9.59 Å². The van der Waals surface area contributed by atoms with E-state index in [0.29, 0.717) is 6.42 Å². The minimum atomic E-state index is -0.759. The number of methoxy groups -OCH3 is 1. The zero-order chi connectivity index (χ0) is 14.1. The van der Waals surface area contributed by atoms with Gasteiger partial charge < -0.3 is 15.2 Å². The highest BCUT2D eigenvalue weighted by molar-refractivity contribution is 5.88. The summed E-state index contributed by atoms with van der Waals surface area (Å²) in [4.78, 5) is 25.5. The van der Waals surface area contributed by atoms with Gasteiger partial charge in [0.2, 0.25) is 0 Å². The molecule has 1 aromatic heterocycles. The quantitative estimate of drug-likeness (QED) is 0.552. The van der Waals surface area contributed by atoms with Gasteiger partial charge in [-0.05, 0) is 25.0 Å². The second-order valence-electron chi connectivity index (χ2n) is 4.05. The summed E-state index contributed by atoms with van der Waals surface area (Å²) in [6.07, 6.45) is 4.17. The van der Waals surface area contributed by atoms with Crippen LogP contribution in [0.2, 0.25) is 0 Å². The molecule has 0 aliphatic rings. The number of unbranched alkanes of at least 4 members (excludes halogenated alkanes) is 2. The second-order valence-corrected chi connectivity index (χ2v) is 4.05. The van der Waals surface area contributed by atoms with Crippen LogP contribution in [-0.2, 0) is 9.53 Å². The second kappa shape index (κ2) is 8.07. The van der Waals surface area contributed by atoms with Crippen LogP contribution in [0.5, 0.6) is 0 Å². The normalized spacial score (nSPS) is 9.95. The number of nitrogens with one attached hydrogen (secondary N) is 1. The number of carboxylic acid groups (broad SMARTS) is 1. The van der Waals surface area contributed by atoms with E-state index in [2.05, 4.69) is 15.0 Å². The highest BCUT2D eigenvalue weighted by atomic mass is 16.5. The van der Waals surface area contributed by atoms with Crippen molar-refractivity contribution in [1.82, 2.24) is 4.98 Å². The van der Waals surface area contributed by atoms with Crippen molar-refractivity contribution in [3.8, 4) is 0 Å². The number of ether oxygens (including phenoxy) is 1. The number of carbonyl (C=O) groups is 2. The summed E-state index contributed by atoms with van der Waals surface area (Å²) < 4.78 is 4.59. The smallest absolute Gasteiger partial charge is 0.356 e. The Kier molecular flexibility index (Phi) is 6.35. The van der Waals surface area contributed by atoms with E-state index in [1.54, 1.807) is 18.3 Å². The summed E-state index contributed by atoms with van der Waals surface area (Å²) in [5.74, 6) is -1.23. The van der Waals surface area contributed by atoms with Crippen LogP contribution in [0.3, 0.4) is 0 Å². The average molecular weight is 266 g/mol. The predicted octanol–water partition coefficient (Wildman–Crippen LogP) is 1.93. The van der Waals surface area contributed by atoms with Crippen LogP contribution < -0.4 is 5.32 Å². The monoisotopic (exact) mass is 266 g/mol. The first-order chi connectivity index (χ1) is 9.13. The van der Waals surface area contributed by atoms with Crippen molar-refractivity contribution in [2.45, 2.75) is 25.7 Å². The van der Waals surface area contributed by atoms with Crippen molar-refractivity contribution in [1.29, 1.82) is 0 Å². The van der Waals surface area contributed by atoms with E-state index in [-0.39, 0.29) is 12.1 Å². The maximum atomic E-state index is 11.3. The molecule has 0 saturated heterocycles. The summed E-state index contributed by atoms with van der Waals surface area (Å²) in [5.41, 5.74) is 1.06. The fourth-order valence-corrected chi connectivity index (χ4v) is 1.57. The summed E-state index contributed by atoms with van der Waals surface area (Å²) in [6, 6.07) is 3.40. The van der Waals surface area contributed by atoms with Gasteiger partial charge in [-0.25, -0.2) is 9.78 Å². The molecule has 0 atom stereocenters. The van der Waals surface area contributed by atoms with Crippen LogP contribution in [0.4, 0.5) is 5.69 Å².